The minimum Gasteiger partial charge on any atom is -0.310 e. The molecule has 8 rings (SSSR count). The van der Waals surface area contributed by atoms with Crippen LogP contribution in [-0.2, 0) is 5.41 Å². The van der Waals surface area contributed by atoms with Crippen LogP contribution < -0.4 is 4.90 Å². The summed E-state index contributed by atoms with van der Waals surface area (Å²) >= 11 is 1.89. The summed E-state index contributed by atoms with van der Waals surface area (Å²) in [5, 5.41) is 0. The van der Waals surface area contributed by atoms with Gasteiger partial charge in [-0.1, -0.05) is 121 Å². The highest BCUT2D eigenvalue weighted by atomic mass is 32.2. The second kappa shape index (κ2) is 8.76. The molecule has 0 radical (unpaired) electrons. The molecular weight excluding hydrogens is 490 g/mol. The Morgan fingerprint density at radius 2 is 0.897 bits per heavy atom. The fourth-order valence-corrected chi connectivity index (χ4v) is 7.88. The Balaban J connectivity index is 1.54. The predicted octanol–water partition coefficient (Wildman–Crippen LogP) is 9.98. The molecule has 6 aromatic carbocycles. The molecule has 2 heteroatoms. The average molecular weight is 516 g/mol. The van der Waals surface area contributed by atoms with Crippen molar-refractivity contribution in [1.82, 2.24) is 0 Å². The van der Waals surface area contributed by atoms with E-state index < -0.39 is 5.41 Å². The van der Waals surface area contributed by atoms with Gasteiger partial charge >= 0.3 is 0 Å². The number of fused-ring (bicyclic) bond motifs is 9. The molecule has 39 heavy (non-hydrogen) atoms. The second-order valence-corrected chi connectivity index (χ2v) is 11.2. The number of hydrogen-bond donors (Lipinski definition) is 0. The summed E-state index contributed by atoms with van der Waals surface area (Å²) < 4.78 is 0. The molecule has 1 nitrogen and oxygen atoms in total. The van der Waals surface area contributed by atoms with E-state index in [-0.39, 0.29) is 0 Å². The maximum absolute atomic E-state index is 2.43. The Morgan fingerprint density at radius 1 is 0.410 bits per heavy atom. The number of nitrogens with zero attached hydrogens (tertiary/aromatic N) is 1. The third kappa shape index (κ3) is 3.16. The van der Waals surface area contributed by atoms with Gasteiger partial charge in [-0.15, -0.1) is 0 Å². The van der Waals surface area contributed by atoms with Crippen LogP contribution in [0, 0.1) is 0 Å². The molecule has 6 aromatic rings. The van der Waals surface area contributed by atoms with E-state index in [1.54, 1.807) is 0 Å². The van der Waals surface area contributed by atoms with Crippen LogP contribution in [0.1, 0.15) is 22.3 Å². The first-order chi connectivity index (χ1) is 19.4. The Labute approximate surface area is 233 Å². The predicted molar refractivity (Wildman–Crippen MR) is 163 cm³/mol. The SMILES string of the molecule is c1ccc(N(c2ccccc2)c2cccc3c2C2(c4ccccc4S3)c3ccccc3-c3ccccc32)cc1. The van der Waals surface area contributed by atoms with Gasteiger partial charge in [0, 0.05) is 26.7 Å². The van der Waals surface area contributed by atoms with Crippen LogP contribution in [0.4, 0.5) is 17.1 Å². The van der Waals surface area contributed by atoms with E-state index in [1.165, 1.54) is 48.9 Å². The zero-order valence-corrected chi connectivity index (χ0v) is 22.1. The molecule has 0 aromatic heterocycles. The summed E-state index contributed by atoms with van der Waals surface area (Å²) in [5.41, 5.74) is 11.1. The summed E-state index contributed by atoms with van der Waals surface area (Å²) in [6.45, 7) is 0. The van der Waals surface area contributed by atoms with Gasteiger partial charge in [-0.25, -0.2) is 0 Å². The van der Waals surface area contributed by atoms with Crippen molar-refractivity contribution < 1.29 is 0 Å². The third-order valence-electron chi connectivity index (χ3n) is 8.11. The maximum atomic E-state index is 2.43. The van der Waals surface area contributed by atoms with E-state index in [0.717, 1.165) is 11.4 Å². The Hall–Kier alpha value is -4.53. The minimum absolute atomic E-state index is 0.428. The van der Waals surface area contributed by atoms with Crippen molar-refractivity contribution >= 4 is 28.8 Å². The quantitative estimate of drug-likeness (QED) is 0.230. The molecule has 0 saturated heterocycles. The van der Waals surface area contributed by atoms with Gasteiger partial charge in [0.05, 0.1) is 11.1 Å². The van der Waals surface area contributed by atoms with E-state index >= 15 is 0 Å². The van der Waals surface area contributed by atoms with E-state index in [0.29, 0.717) is 0 Å². The van der Waals surface area contributed by atoms with Crippen LogP contribution in [0.15, 0.2) is 161 Å². The fraction of sp³-hybridized carbons (Fsp3) is 0.0270. The van der Waals surface area contributed by atoms with Gasteiger partial charge in [0.25, 0.3) is 0 Å². The Morgan fingerprint density at radius 3 is 1.51 bits per heavy atom. The normalized spacial score (nSPS) is 13.7. The molecule has 184 valence electrons. The maximum Gasteiger partial charge on any atom is 0.0756 e. The molecule has 1 spiro atoms. The molecule has 0 atom stereocenters. The van der Waals surface area contributed by atoms with Gasteiger partial charge in [0.2, 0.25) is 0 Å². The number of para-hydroxylation sites is 2. The summed E-state index contributed by atoms with van der Waals surface area (Å²) in [6.07, 6.45) is 0. The molecule has 1 aliphatic heterocycles. The van der Waals surface area contributed by atoms with E-state index in [2.05, 4.69) is 157 Å². The van der Waals surface area contributed by atoms with Gasteiger partial charge < -0.3 is 4.90 Å². The lowest BCUT2D eigenvalue weighted by atomic mass is 9.66. The largest absolute Gasteiger partial charge is 0.310 e. The van der Waals surface area contributed by atoms with Crippen LogP contribution in [0.25, 0.3) is 11.1 Å². The van der Waals surface area contributed by atoms with Crippen LogP contribution in [0.3, 0.4) is 0 Å². The lowest BCUT2D eigenvalue weighted by molar-refractivity contribution is 0.722. The van der Waals surface area contributed by atoms with Crippen molar-refractivity contribution in [2.24, 2.45) is 0 Å². The van der Waals surface area contributed by atoms with E-state index in [1.807, 2.05) is 11.8 Å². The van der Waals surface area contributed by atoms with Gasteiger partial charge in [0.15, 0.2) is 0 Å². The summed E-state index contributed by atoms with van der Waals surface area (Å²) in [7, 11) is 0. The molecule has 0 bridgehead atoms. The van der Waals surface area contributed by atoms with Crippen molar-refractivity contribution in [2.75, 3.05) is 4.90 Å². The van der Waals surface area contributed by atoms with E-state index in [9.17, 15) is 0 Å². The second-order valence-electron chi connectivity index (χ2n) is 10.1. The lowest BCUT2D eigenvalue weighted by Gasteiger charge is -2.42. The van der Waals surface area contributed by atoms with Crippen LogP contribution in [0.2, 0.25) is 0 Å². The van der Waals surface area contributed by atoms with Crippen LogP contribution >= 0.6 is 11.8 Å². The fourth-order valence-electron chi connectivity index (χ4n) is 6.66. The summed E-state index contributed by atoms with van der Waals surface area (Å²) in [6, 6.07) is 55.3. The highest BCUT2D eigenvalue weighted by Gasteiger charge is 2.51. The van der Waals surface area contributed by atoms with E-state index in [4.69, 9.17) is 0 Å². The van der Waals surface area contributed by atoms with Crippen molar-refractivity contribution in [3.63, 3.8) is 0 Å². The smallest absolute Gasteiger partial charge is 0.0756 e. The standard InChI is InChI=1S/C37H25NS/c1-3-14-26(15-4-1)38(27-16-5-2-6-17-27)33-23-13-25-35-36(33)37(32-22-11-12-24-34(32)39-35)30-20-9-7-18-28(30)29-19-8-10-21-31(29)37/h1-25H. The number of rotatable bonds is 3. The van der Waals surface area contributed by atoms with Gasteiger partial charge in [0.1, 0.15) is 0 Å². The molecule has 0 saturated carbocycles. The zero-order chi connectivity index (χ0) is 25.8. The first-order valence-electron chi connectivity index (χ1n) is 13.4. The number of benzene rings is 6. The highest BCUT2D eigenvalue weighted by molar-refractivity contribution is 7.99. The first kappa shape index (κ1) is 22.5. The average Bonchev–Trinajstić information content (AvgIpc) is 3.29. The molecule has 0 unspecified atom stereocenters. The van der Waals surface area contributed by atoms with Gasteiger partial charge in [-0.05, 0) is 70.3 Å². The zero-order valence-electron chi connectivity index (χ0n) is 21.3. The van der Waals surface area contributed by atoms with Crippen LogP contribution in [-0.4, -0.2) is 0 Å². The number of anilines is 3. The van der Waals surface area contributed by atoms with Crippen molar-refractivity contribution in [3.05, 3.63) is 174 Å². The molecule has 0 N–H and O–H groups in total. The molecule has 1 heterocycles. The molecule has 2 aliphatic rings. The third-order valence-corrected chi connectivity index (χ3v) is 9.25. The lowest BCUT2D eigenvalue weighted by Crippen LogP contribution is -2.33. The Kier molecular flexibility index (Phi) is 5.04. The van der Waals surface area contributed by atoms with Crippen molar-refractivity contribution in [2.45, 2.75) is 15.2 Å². The summed E-state index contributed by atoms with van der Waals surface area (Å²) in [4.78, 5) is 5.05. The Bertz CT molecular complexity index is 1760. The monoisotopic (exact) mass is 515 g/mol. The van der Waals surface area contributed by atoms with Crippen LogP contribution in [0.5, 0.6) is 0 Å². The number of hydrogen-bond acceptors (Lipinski definition) is 2. The van der Waals surface area contributed by atoms with Crippen molar-refractivity contribution in [3.8, 4) is 11.1 Å². The topological polar surface area (TPSA) is 3.24 Å². The molecule has 0 amide bonds. The molecule has 0 fully saturated rings. The highest BCUT2D eigenvalue weighted by Crippen LogP contribution is 2.64. The van der Waals surface area contributed by atoms with Gasteiger partial charge in [-0.3, -0.25) is 0 Å². The molecule has 1 aliphatic carbocycles. The van der Waals surface area contributed by atoms with Crippen molar-refractivity contribution in [1.29, 1.82) is 0 Å². The first-order valence-corrected chi connectivity index (χ1v) is 14.2. The summed E-state index contributed by atoms with van der Waals surface area (Å²) in [5.74, 6) is 0. The minimum atomic E-state index is -0.428. The van der Waals surface area contributed by atoms with Gasteiger partial charge in [-0.2, -0.15) is 0 Å². The molecular formula is C37H25NS.